The molecule has 2 bridgehead atoms. The second kappa shape index (κ2) is 8.14. The Morgan fingerprint density at radius 3 is 2.43 bits per heavy atom. The average molecular weight is 400 g/mol. The van der Waals surface area contributed by atoms with E-state index in [0.717, 1.165) is 32.1 Å². The Balaban J connectivity index is 1.32. The largest absolute Gasteiger partial charge is 0.448 e. The zero-order valence-electron chi connectivity index (χ0n) is 17.4. The highest BCUT2D eigenvalue weighted by molar-refractivity contribution is 5.79. The van der Waals surface area contributed by atoms with E-state index in [2.05, 4.69) is 61.2 Å². The zero-order chi connectivity index (χ0) is 20.5. The van der Waals surface area contributed by atoms with Gasteiger partial charge in [-0.15, -0.1) is 6.58 Å². The van der Waals surface area contributed by atoms with Crippen molar-refractivity contribution >= 4 is 6.09 Å². The van der Waals surface area contributed by atoms with Crippen molar-refractivity contribution in [3.63, 3.8) is 0 Å². The second-order valence-corrected chi connectivity index (χ2v) is 8.72. The molecule has 3 aliphatic rings. The molecule has 1 saturated heterocycles. The van der Waals surface area contributed by atoms with E-state index < -0.39 is 0 Å². The molecule has 3 heteroatoms. The normalized spacial score (nSPS) is 22.1. The van der Waals surface area contributed by atoms with Gasteiger partial charge in [0.2, 0.25) is 0 Å². The Morgan fingerprint density at radius 1 is 1.07 bits per heavy atom. The molecule has 0 aromatic heterocycles. The van der Waals surface area contributed by atoms with Crippen molar-refractivity contribution in [3.05, 3.63) is 84.0 Å². The number of hydrogen-bond acceptors (Lipinski definition) is 2. The summed E-state index contributed by atoms with van der Waals surface area (Å²) in [4.78, 5) is 15.2. The summed E-state index contributed by atoms with van der Waals surface area (Å²) in [5, 5.41) is 0. The van der Waals surface area contributed by atoms with Crippen LogP contribution >= 0.6 is 0 Å². The van der Waals surface area contributed by atoms with Crippen LogP contribution in [0.1, 0.15) is 55.6 Å². The average Bonchev–Trinajstić information content (AvgIpc) is 3.09. The molecule has 1 amide bonds. The van der Waals surface area contributed by atoms with E-state index in [4.69, 9.17) is 4.74 Å². The van der Waals surface area contributed by atoms with Crippen molar-refractivity contribution in [3.8, 4) is 11.1 Å². The van der Waals surface area contributed by atoms with E-state index in [1.54, 1.807) is 0 Å². The molecule has 3 nitrogen and oxygen atoms in total. The molecule has 2 atom stereocenters. The molecule has 2 aromatic carbocycles. The van der Waals surface area contributed by atoms with Crippen LogP contribution < -0.4 is 0 Å². The topological polar surface area (TPSA) is 29.5 Å². The maximum atomic E-state index is 13.2. The summed E-state index contributed by atoms with van der Waals surface area (Å²) < 4.78 is 5.97. The summed E-state index contributed by atoms with van der Waals surface area (Å²) in [6.07, 6.45) is 10.5. The van der Waals surface area contributed by atoms with Crippen molar-refractivity contribution in [2.45, 2.75) is 56.5 Å². The van der Waals surface area contributed by atoms with Crippen LogP contribution in [0, 0.1) is 0 Å². The molecule has 2 aromatic rings. The van der Waals surface area contributed by atoms with Crippen LogP contribution in [0.4, 0.5) is 4.79 Å². The first-order valence-electron chi connectivity index (χ1n) is 11.2. The van der Waals surface area contributed by atoms with Gasteiger partial charge in [-0.1, -0.05) is 66.3 Å². The maximum Gasteiger partial charge on any atom is 0.410 e. The monoisotopic (exact) mass is 399 g/mol. The lowest BCUT2D eigenvalue weighted by molar-refractivity contribution is 0.0507. The molecule has 0 spiro atoms. The molecule has 1 aliphatic carbocycles. The van der Waals surface area contributed by atoms with Crippen LogP contribution in [-0.2, 0) is 4.74 Å². The van der Waals surface area contributed by atoms with E-state index in [0.29, 0.717) is 6.61 Å². The fourth-order valence-corrected chi connectivity index (χ4v) is 5.54. The lowest BCUT2D eigenvalue weighted by Gasteiger charge is -2.44. The Bertz CT molecular complexity index is 946. The molecule has 30 heavy (non-hydrogen) atoms. The molecule has 0 radical (unpaired) electrons. The van der Waals surface area contributed by atoms with E-state index >= 15 is 0 Å². The molecule has 2 aliphatic heterocycles. The summed E-state index contributed by atoms with van der Waals surface area (Å²) in [5.41, 5.74) is 6.53. The number of piperidine rings is 1. The number of amides is 1. The summed E-state index contributed by atoms with van der Waals surface area (Å²) in [5.74, 6) is 0.115. The van der Waals surface area contributed by atoms with Gasteiger partial charge in [0.25, 0.3) is 0 Å². The molecular formula is C27H29NO2. The van der Waals surface area contributed by atoms with Gasteiger partial charge in [-0.2, -0.15) is 0 Å². The quantitative estimate of drug-likeness (QED) is 0.540. The summed E-state index contributed by atoms with van der Waals surface area (Å²) in [7, 11) is 0. The Labute approximate surface area is 179 Å². The van der Waals surface area contributed by atoms with Crippen molar-refractivity contribution in [2.24, 2.45) is 0 Å². The van der Waals surface area contributed by atoms with Crippen LogP contribution in [0.3, 0.4) is 0 Å². The number of carbonyl (C=O) groups is 1. The maximum absolute atomic E-state index is 13.2. The van der Waals surface area contributed by atoms with Crippen LogP contribution in [0.25, 0.3) is 11.1 Å². The lowest BCUT2D eigenvalue weighted by atomic mass is 9.84. The van der Waals surface area contributed by atoms with Crippen LogP contribution in [-0.4, -0.2) is 29.7 Å². The first-order chi connectivity index (χ1) is 14.8. The third-order valence-corrected chi connectivity index (χ3v) is 6.93. The number of ether oxygens (including phenoxy) is 1. The summed E-state index contributed by atoms with van der Waals surface area (Å²) in [6.45, 7) is 4.24. The minimum atomic E-state index is -0.148. The molecule has 1 fully saturated rings. The fraction of sp³-hybridized carbons (Fsp3) is 0.370. The highest BCUT2D eigenvalue weighted by Gasteiger charge is 2.38. The second-order valence-electron chi connectivity index (χ2n) is 8.72. The molecule has 154 valence electrons. The number of carbonyl (C=O) groups excluding carboxylic acids is 1. The van der Waals surface area contributed by atoms with Gasteiger partial charge >= 0.3 is 6.09 Å². The summed E-state index contributed by atoms with van der Waals surface area (Å²) >= 11 is 0. The van der Waals surface area contributed by atoms with Gasteiger partial charge in [0.1, 0.15) is 6.61 Å². The minimum Gasteiger partial charge on any atom is -0.448 e. The van der Waals surface area contributed by atoms with E-state index in [1.807, 2.05) is 11.0 Å². The van der Waals surface area contributed by atoms with Gasteiger partial charge in [-0.25, -0.2) is 4.79 Å². The van der Waals surface area contributed by atoms with Gasteiger partial charge in [-0.3, -0.25) is 4.90 Å². The predicted molar refractivity (Wildman–Crippen MR) is 120 cm³/mol. The number of rotatable bonds is 5. The third-order valence-electron chi connectivity index (χ3n) is 6.93. The van der Waals surface area contributed by atoms with Gasteiger partial charge in [0.05, 0.1) is 6.04 Å². The van der Waals surface area contributed by atoms with E-state index in [1.165, 1.54) is 34.2 Å². The van der Waals surface area contributed by atoms with E-state index in [9.17, 15) is 4.79 Å². The highest BCUT2D eigenvalue weighted by Crippen LogP contribution is 2.44. The van der Waals surface area contributed by atoms with Gasteiger partial charge in [-0.05, 0) is 60.8 Å². The third kappa shape index (κ3) is 3.36. The zero-order valence-corrected chi connectivity index (χ0v) is 17.4. The minimum absolute atomic E-state index is 0.115. The highest BCUT2D eigenvalue weighted by atomic mass is 16.6. The smallest absolute Gasteiger partial charge is 0.410 e. The number of nitrogens with zero attached hydrogens (tertiary/aromatic N) is 1. The van der Waals surface area contributed by atoms with Crippen LogP contribution in [0.5, 0.6) is 0 Å². The number of allylic oxidation sites excluding steroid dienone is 1. The SMILES string of the molecule is C=CCCC1=CC2CCCC(C1)N2C(=O)OCC1c2ccccc2-c2ccccc21. The molecule has 0 saturated carbocycles. The first kappa shape index (κ1) is 19.2. The molecular weight excluding hydrogens is 370 g/mol. The van der Waals surface area contributed by atoms with Gasteiger partial charge in [0.15, 0.2) is 0 Å². The molecule has 0 N–H and O–H groups in total. The van der Waals surface area contributed by atoms with Crippen LogP contribution in [0.15, 0.2) is 72.8 Å². The van der Waals surface area contributed by atoms with Gasteiger partial charge < -0.3 is 4.74 Å². The van der Waals surface area contributed by atoms with Gasteiger partial charge in [0, 0.05) is 12.0 Å². The summed E-state index contributed by atoms with van der Waals surface area (Å²) in [6, 6.07) is 17.4. The predicted octanol–water partition coefficient (Wildman–Crippen LogP) is 6.45. The molecule has 2 heterocycles. The molecule has 2 unspecified atom stereocenters. The van der Waals surface area contributed by atoms with Crippen LogP contribution in [0.2, 0.25) is 0 Å². The van der Waals surface area contributed by atoms with Crippen molar-refractivity contribution < 1.29 is 9.53 Å². The first-order valence-corrected chi connectivity index (χ1v) is 11.2. The lowest BCUT2D eigenvalue weighted by Crippen LogP contribution is -2.52. The Kier molecular flexibility index (Phi) is 5.20. The molecule has 5 rings (SSSR count). The Hall–Kier alpha value is -2.81. The van der Waals surface area contributed by atoms with Crippen molar-refractivity contribution in [2.75, 3.05) is 6.61 Å². The van der Waals surface area contributed by atoms with Crippen molar-refractivity contribution in [1.82, 2.24) is 4.90 Å². The Morgan fingerprint density at radius 2 is 1.77 bits per heavy atom. The van der Waals surface area contributed by atoms with Crippen molar-refractivity contribution in [1.29, 1.82) is 0 Å². The number of fused-ring (bicyclic) bond motifs is 5. The van der Waals surface area contributed by atoms with E-state index in [-0.39, 0.29) is 24.1 Å². The number of benzene rings is 2. The number of hydrogen-bond donors (Lipinski definition) is 0. The fourth-order valence-electron chi connectivity index (χ4n) is 5.54. The standard InChI is InChI=1S/C27H29NO2/c1-2-3-9-19-16-20-10-8-11-21(17-19)28(20)27(29)30-18-26-24-14-6-4-12-22(24)23-13-5-7-15-25(23)26/h2,4-7,12-16,20-21,26H,1,3,8-11,17-18H2.